The molecule has 2 aromatic carbocycles. The topological polar surface area (TPSA) is 97.3 Å². The highest BCUT2D eigenvalue weighted by molar-refractivity contribution is 6.61. The lowest BCUT2D eigenvalue weighted by molar-refractivity contribution is -0.242. The molecule has 5 atom stereocenters. The number of benzene rings is 2. The van der Waals surface area contributed by atoms with Gasteiger partial charge in [-0.05, 0) is 22.7 Å². The lowest BCUT2D eigenvalue weighted by Crippen LogP contribution is -2.67. The van der Waals surface area contributed by atoms with Crippen molar-refractivity contribution in [1.29, 1.82) is 0 Å². The zero-order chi connectivity index (χ0) is 29.6. The number of nitrogens with one attached hydrogen (secondary N) is 1. The lowest BCUT2D eigenvalue weighted by Gasteiger charge is -2.46. The largest absolute Gasteiger partial charge is 0.494 e. The van der Waals surface area contributed by atoms with Crippen LogP contribution in [0, 0.1) is 0 Å². The van der Waals surface area contributed by atoms with Crippen molar-refractivity contribution in [2.24, 2.45) is 0 Å². The Hall–Kier alpha value is -1.97. The van der Waals surface area contributed by atoms with Crippen molar-refractivity contribution >= 4 is 29.3 Å². The van der Waals surface area contributed by atoms with Gasteiger partial charge in [0.1, 0.15) is 24.4 Å². The summed E-state index contributed by atoms with van der Waals surface area (Å²) in [6, 6.07) is 14.0. The quantitative estimate of drug-likeness (QED) is 0.153. The molecule has 0 aliphatic carbocycles. The molecule has 8 heteroatoms. The first-order chi connectivity index (χ1) is 20.6. The van der Waals surface area contributed by atoms with E-state index in [0.717, 1.165) is 35.5 Å². The Morgan fingerprint density at radius 3 is 2.05 bits per heavy atom. The molecule has 232 valence electrons. The van der Waals surface area contributed by atoms with Crippen LogP contribution in [0.3, 0.4) is 0 Å². The fourth-order valence-corrected chi connectivity index (χ4v) is 6.14. The van der Waals surface area contributed by atoms with E-state index < -0.39 is 37.8 Å². The number of carbonyl (C=O) groups is 1. The first-order valence-corrected chi connectivity index (χ1v) is 16.6. The predicted octanol–water partition coefficient (Wildman–Crippen LogP) is 5.77. The van der Waals surface area contributed by atoms with Crippen LogP contribution in [0.25, 0.3) is 10.8 Å². The minimum Gasteiger partial charge on any atom is -0.404 e. The molecule has 0 spiro atoms. The van der Waals surface area contributed by atoms with Gasteiger partial charge in [0, 0.05) is 6.42 Å². The third-order valence-corrected chi connectivity index (χ3v) is 8.73. The molecule has 2 fully saturated rings. The van der Waals surface area contributed by atoms with Gasteiger partial charge in [-0.1, -0.05) is 139 Å². The molecule has 42 heavy (non-hydrogen) atoms. The first kappa shape index (κ1) is 32.9. The van der Waals surface area contributed by atoms with E-state index in [1.54, 1.807) is 0 Å². The van der Waals surface area contributed by atoms with Crippen molar-refractivity contribution in [2.75, 3.05) is 6.61 Å². The molecule has 0 radical (unpaired) electrons. The second kappa shape index (κ2) is 18.0. The summed E-state index contributed by atoms with van der Waals surface area (Å²) in [6.07, 6.45) is 14.7. The molecule has 0 bridgehead atoms. The maximum Gasteiger partial charge on any atom is 0.494 e. The van der Waals surface area contributed by atoms with Crippen molar-refractivity contribution in [3.63, 3.8) is 0 Å². The number of unbranched alkanes of at least 4 members (excludes halogenated alkanes) is 14. The fourth-order valence-electron chi connectivity index (χ4n) is 6.14. The van der Waals surface area contributed by atoms with Gasteiger partial charge in [0.05, 0.1) is 6.61 Å². The van der Waals surface area contributed by atoms with Gasteiger partial charge in [-0.2, -0.15) is 0 Å². The number of fused-ring (bicyclic) bond motifs is 2. The first-order valence-electron chi connectivity index (χ1n) is 16.6. The molecule has 0 aromatic heterocycles. The van der Waals surface area contributed by atoms with Crippen LogP contribution in [0.15, 0.2) is 42.5 Å². The van der Waals surface area contributed by atoms with Crippen molar-refractivity contribution in [3.05, 3.63) is 42.5 Å². The van der Waals surface area contributed by atoms with Gasteiger partial charge in [0.15, 0.2) is 6.23 Å². The van der Waals surface area contributed by atoms with Crippen LogP contribution in [-0.4, -0.2) is 60.5 Å². The summed E-state index contributed by atoms with van der Waals surface area (Å²) in [4.78, 5) is 12.6. The van der Waals surface area contributed by atoms with Gasteiger partial charge in [-0.25, -0.2) is 0 Å². The van der Waals surface area contributed by atoms with Crippen molar-refractivity contribution in [1.82, 2.24) is 5.32 Å². The molecule has 2 heterocycles. The second-order valence-electron chi connectivity index (χ2n) is 12.2. The highest BCUT2D eigenvalue weighted by atomic mass is 16.7. The molecular formula is C34H52BNO6. The molecule has 7 nitrogen and oxygen atoms in total. The Bertz CT molecular complexity index is 1070. The van der Waals surface area contributed by atoms with Crippen molar-refractivity contribution in [3.8, 4) is 0 Å². The van der Waals surface area contributed by atoms with Crippen LogP contribution in [0.2, 0.25) is 0 Å². The van der Waals surface area contributed by atoms with Gasteiger partial charge in [0.2, 0.25) is 5.91 Å². The average molecular weight is 582 g/mol. The highest BCUT2D eigenvalue weighted by Gasteiger charge is 2.50. The Balaban J connectivity index is 1.06. The minimum absolute atomic E-state index is 0.175. The van der Waals surface area contributed by atoms with Gasteiger partial charge >= 0.3 is 7.12 Å². The van der Waals surface area contributed by atoms with Crippen LogP contribution < -0.4 is 10.8 Å². The smallest absolute Gasteiger partial charge is 0.404 e. The van der Waals surface area contributed by atoms with Crippen LogP contribution >= 0.6 is 0 Å². The highest BCUT2D eigenvalue weighted by Crippen LogP contribution is 2.27. The minimum atomic E-state index is -1.29. The third kappa shape index (κ3) is 10.1. The number of rotatable bonds is 18. The van der Waals surface area contributed by atoms with Gasteiger partial charge in [-0.15, -0.1) is 0 Å². The third-order valence-electron chi connectivity index (χ3n) is 8.73. The molecule has 2 saturated heterocycles. The number of aliphatic hydroxyl groups is 2. The Morgan fingerprint density at radius 1 is 0.810 bits per heavy atom. The van der Waals surface area contributed by atoms with E-state index in [0.29, 0.717) is 6.42 Å². The number of carbonyl (C=O) groups excluding carboxylic acids is 1. The summed E-state index contributed by atoms with van der Waals surface area (Å²) in [5.41, 5.74) is 0.841. The number of hydrogen-bond acceptors (Lipinski definition) is 6. The van der Waals surface area contributed by atoms with E-state index in [2.05, 4.69) is 12.2 Å². The number of hydrogen-bond donors (Lipinski definition) is 3. The number of ether oxygens (including phenoxy) is 1. The molecule has 2 aliphatic heterocycles. The summed E-state index contributed by atoms with van der Waals surface area (Å²) in [7, 11) is -0.669. The van der Waals surface area contributed by atoms with E-state index in [1.807, 2.05) is 42.5 Å². The molecule has 2 aliphatic rings. The van der Waals surface area contributed by atoms with E-state index in [9.17, 15) is 15.0 Å². The number of amides is 1. The maximum absolute atomic E-state index is 12.6. The maximum atomic E-state index is 12.6. The van der Waals surface area contributed by atoms with Crippen LogP contribution in [0.1, 0.15) is 110 Å². The zero-order valence-electron chi connectivity index (χ0n) is 25.6. The second-order valence-corrected chi connectivity index (χ2v) is 12.2. The van der Waals surface area contributed by atoms with E-state index >= 15 is 0 Å². The van der Waals surface area contributed by atoms with Crippen LogP contribution in [-0.2, 0) is 18.8 Å². The van der Waals surface area contributed by atoms with Gasteiger partial charge in [0.25, 0.3) is 0 Å². The predicted molar refractivity (Wildman–Crippen MR) is 169 cm³/mol. The van der Waals surface area contributed by atoms with Gasteiger partial charge < -0.3 is 29.6 Å². The molecule has 2 aromatic rings. The lowest BCUT2D eigenvalue weighted by atomic mass is 9.75. The zero-order valence-corrected chi connectivity index (χ0v) is 25.6. The summed E-state index contributed by atoms with van der Waals surface area (Å²) in [5.74, 6) is -0.175. The molecule has 1 amide bonds. The average Bonchev–Trinajstić information content (AvgIpc) is 3.01. The summed E-state index contributed by atoms with van der Waals surface area (Å²) < 4.78 is 17.9. The summed E-state index contributed by atoms with van der Waals surface area (Å²) >= 11 is 0. The normalized spacial score (nSPS) is 24.1. The SMILES string of the molecule is CCCCCCCCCCCCCCCCCC(=O)N[C@@H]1O[C@@H]2COB(c3ccc4ccccc4c3)O[C@H]2[C@H](O)[C@H]1O. The van der Waals surface area contributed by atoms with Crippen LogP contribution in [0.5, 0.6) is 0 Å². The monoisotopic (exact) mass is 581 g/mol. The molecule has 0 saturated carbocycles. The van der Waals surface area contributed by atoms with Crippen molar-refractivity contribution in [2.45, 2.75) is 140 Å². The molecular weight excluding hydrogens is 529 g/mol. The van der Waals surface area contributed by atoms with Gasteiger partial charge in [-0.3, -0.25) is 4.79 Å². The van der Waals surface area contributed by atoms with Crippen LogP contribution in [0.4, 0.5) is 0 Å². The van der Waals surface area contributed by atoms with E-state index in [4.69, 9.17) is 14.0 Å². The van der Waals surface area contributed by atoms with E-state index in [1.165, 1.54) is 77.0 Å². The molecule has 4 rings (SSSR count). The molecule has 3 N–H and O–H groups in total. The summed E-state index contributed by atoms with van der Waals surface area (Å²) in [5, 5.41) is 26.5. The Labute approximate surface area is 252 Å². The fraction of sp³-hybridized carbons (Fsp3) is 0.676. The summed E-state index contributed by atoms with van der Waals surface area (Å²) in [6.45, 7) is 2.46. The van der Waals surface area contributed by atoms with E-state index in [-0.39, 0.29) is 12.5 Å². The Kier molecular flexibility index (Phi) is 14.1. The standard InChI is InChI=1S/C34H52BNO6/c1-2-3-4-5-6-7-8-9-10-11-12-13-14-15-16-21-30(37)36-34-32(39)31(38)33-29(41-34)25-40-35(42-33)28-23-22-26-19-17-18-20-27(26)24-28/h17-20,22-24,29,31-34,38-39H,2-16,21,25H2,1H3,(H,36,37)/t29-,31-,32-,33-,34-/m1/s1. The number of aliphatic hydroxyl groups excluding tert-OH is 2. The molecule has 0 unspecified atom stereocenters. The van der Waals surface area contributed by atoms with Crippen molar-refractivity contribution < 1.29 is 29.1 Å². The Morgan fingerprint density at radius 2 is 1.40 bits per heavy atom.